The Labute approximate surface area is 241 Å². The van der Waals surface area contributed by atoms with Gasteiger partial charge < -0.3 is 20.1 Å². The molecule has 0 saturated carbocycles. The van der Waals surface area contributed by atoms with Crippen molar-refractivity contribution in [3.05, 3.63) is 67.4 Å². The number of carbonyl (C=O) groups excluding carboxylic acids is 3. The van der Waals surface area contributed by atoms with Crippen LogP contribution < -0.4 is 15.5 Å². The maximum atomic E-state index is 12.9. The fourth-order valence-corrected chi connectivity index (χ4v) is 4.52. The second kappa shape index (κ2) is 13.2. The van der Waals surface area contributed by atoms with E-state index in [4.69, 9.17) is 21.1 Å². The van der Waals surface area contributed by atoms with E-state index in [2.05, 4.69) is 52.6 Å². The summed E-state index contributed by atoms with van der Waals surface area (Å²) in [5, 5.41) is 10.1. The number of aromatic nitrogens is 3. The van der Waals surface area contributed by atoms with Crippen molar-refractivity contribution in [2.45, 2.75) is 26.7 Å². The van der Waals surface area contributed by atoms with Crippen molar-refractivity contribution in [2.24, 2.45) is 0 Å². The molecule has 2 N–H and O–H groups in total. The third-order valence-electron chi connectivity index (χ3n) is 5.17. The van der Waals surface area contributed by atoms with Gasteiger partial charge in [0, 0.05) is 18.8 Å². The molecule has 0 fully saturated rings. The van der Waals surface area contributed by atoms with E-state index in [1.807, 2.05) is 13.0 Å². The Morgan fingerprint density at radius 3 is 2.66 bits per heavy atom. The van der Waals surface area contributed by atoms with Crippen LogP contribution >= 0.6 is 43.5 Å². The number of halogens is 3. The van der Waals surface area contributed by atoms with E-state index in [0.717, 1.165) is 5.56 Å². The largest absolute Gasteiger partial charge is 0.460 e. The number of esters is 1. The lowest BCUT2D eigenvalue weighted by Gasteiger charge is -2.22. The van der Waals surface area contributed by atoms with Gasteiger partial charge in [-0.2, -0.15) is 5.10 Å². The summed E-state index contributed by atoms with van der Waals surface area (Å²) in [5.41, 5.74) is 1.96. The van der Waals surface area contributed by atoms with Gasteiger partial charge in [0.1, 0.15) is 17.0 Å². The molecule has 1 atom stereocenters. The van der Waals surface area contributed by atoms with Gasteiger partial charge in [0.15, 0.2) is 11.9 Å². The van der Waals surface area contributed by atoms with Crippen molar-refractivity contribution in [3.8, 4) is 0 Å². The molecule has 14 heteroatoms. The van der Waals surface area contributed by atoms with Crippen LogP contribution in [0.4, 0.5) is 16.3 Å². The molecule has 2 amide bonds. The highest BCUT2D eigenvalue weighted by molar-refractivity contribution is 9.13. The number of carbonyl (C=O) groups is 3. The fourth-order valence-electron chi connectivity index (χ4n) is 3.24. The predicted octanol–water partition coefficient (Wildman–Crippen LogP) is 5.07. The molecule has 202 valence electrons. The van der Waals surface area contributed by atoms with Crippen LogP contribution in [0.1, 0.15) is 34.8 Å². The van der Waals surface area contributed by atoms with Crippen molar-refractivity contribution in [1.29, 1.82) is 0 Å². The number of likely N-dealkylation sites (N-methyl/N-ethyl adjacent to an activating group) is 1. The molecule has 0 saturated heterocycles. The highest BCUT2D eigenvalue weighted by Crippen LogP contribution is 2.31. The summed E-state index contributed by atoms with van der Waals surface area (Å²) < 4.78 is 12.9. The summed E-state index contributed by atoms with van der Waals surface area (Å²) in [6.07, 6.45) is -0.149. The molecule has 2 heterocycles. The van der Waals surface area contributed by atoms with E-state index < -0.39 is 24.2 Å². The molecule has 3 rings (SSSR count). The number of rotatable bonds is 9. The first kappa shape index (κ1) is 29.6. The van der Waals surface area contributed by atoms with Gasteiger partial charge >= 0.3 is 12.1 Å². The average molecular weight is 673 g/mol. The van der Waals surface area contributed by atoms with Crippen molar-refractivity contribution >= 4 is 72.9 Å². The number of benzene rings is 1. The van der Waals surface area contributed by atoms with Gasteiger partial charge in [-0.1, -0.05) is 23.7 Å². The quantitative estimate of drug-likeness (QED) is 0.302. The zero-order chi connectivity index (χ0) is 28.0. The monoisotopic (exact) mass is 670 g/mol. The first-order valence-corrected chi connectivity index (χ1v) is 13.2. The minimum atomic E-state index is -0.916. The van der Waals surface area contributed by atoms with Crippen LogP contribution in [0.3, 0.4) is 0 Å². The Hall–Kier alpha value is -3.00. The van der Waals surface area contributed by atoms with Gasteiger partial charge in [0.2, 0.25) is 0 Å². The van der Waals surface area contributed by atoms with Crippen molar-refractivity contribution in [1.82, 2.24) is 20.1 Å². The Morgan fingerprint density at radius 2 is 1.97 bits per heavy atom. The number of hydrogen-bond donors (Lipinski definition) is 2. The van der Waals surface area contributed by atoms with E-state index >= 15 is 0 Å². The number of pyridine rings is 1. The zero-order valence-corrected chi connectivity index (χ0v) is 24.8. The number of nitrogens with one attached hydrogen (secondary N) is 2. The summed E-state index contributed by atoms with van der Waals surface area (Å²) >= 11 is 13.0. The predicted molar refractivity (Wildman–Crippen MR) is 149 cm³/mol. The first-order chi connectivity index (χ1) is 18.0. The minimum absolute atomic E-state index is 0.0529. The molecule has 1 unspecified atom stereocenters. The van der Waals surface area contributed by atoms with Crippen LogP contribution in [0, 0.1) is 6.92 Å². The summed E-state index contributed by atoms with van der Waals surface area (Å²) in [6.45, 7) is 3.46. The van der Waals surface area contributed by atoms with E-state index in [-0.39, 0.29) is 24.7 Å². The molecule has 11 nitrogen and oxygen atoms in total. The molecule has 0 radical (unpaired) electrons. The third kappa shape index (κ3) is 7.10. The third-order valence-corrected chi connectivity index (χ3v) is 7.53. The maximum Gasteiger partial charge on any atom is 0.417 e. The topological polar surface area (TPSA) is 128 Å². The number of anilines is 2. The van der Waals surface area contributed by atoms with E-state index in [0.29, 0.717) is 25.3 Å². The zero-order valence-electron chi connectivity index (χ0n) is 20.9. The highest BCUT2D eigenvalue weighted by atomic mass is 79.9. The van der Waals surface area contributed by atoms with Crippen molar-refractivity contribution in [2.75, 3.05) is 30.9 Å². The molecule has 2 aromatic heterocycles. The standard InChI is InChI=1S/C24H25Br2ClN6O5/c1-13-7-8-17(16(27)10-13)30-23(35)20-19(25)21(26)33(31-20)14(2)38-24(36)32(4)22-15(6-5-9-29-22)12-37-18(34)11-28-3/h5-10,14,28H,11-12H2,1-4H3,(H,30,35). The van der Waals surface area contributed by atoms with E-state index in [1.54, 1.807) is 38.2 Å². The van der Waals surface area contributed by atoms with Gasteiger partial charge in [-0.05, 0) is 76.5 Å². The Balaban J connectivity index is 1.73. The fraction of sp³-hybridized carbons (Fsp3) is 0.292. The minimum Gasteiger partial charge on any atom is -0.460 e. The second-order valence-corrected chi connectivity index (χ2v) is 10.0. The van der Waals surface area contributed by atoms with Gasteiger partial charge in [-0.15, -0.1) is 0 Å². The number of aryl methyl sites for hydroxylation is 1. The molecule has 38 heavy (non-hydrogen) atoms. The number of amides is 2. The molecule has 0 aliphatic rings. The van der Waals surface area contributed by atoms with E-state index in [1.165, 1.54) is 22.8 Å². The molecule has 0 aliphatic heterocycles. The molecule has 3 aromatic rings. The SMILES string of the molecule is CNCC(=O)OCc1cccnc1N(C)C(=O)OC(C)n1nc(C(=O)Nc2ccc(C)cc2Cl)c(Br)c1Br. The van der Waals surface area contributed by atoms with Gasteiger partial charge in [-0.25, -0.2) is 14.5 Å². The van der Waals surface area contributed by atoms with Gasteiger partial charge in [-0.3, -0.25) is 14.5 Å². The lowest BCUT2D eigenvalue weighted by Crippen LogP contribution is -2.31. The van der Waals surface area contributed by atoms with Crippen molar-refractivity contribution < 1.29 is 23.9 Å². The number of ether oxygens (including phenoxy) is 2. The van der Waals surface area contributed by atoms with Gasteiger partial charge in [0.25, 0.3) is 5.91 Å². The first-order valence-electron chi connectivity index (χ1n) is 11.2. The van der Waals surface area contributed by atoms with Crippen molar-refractivity contribution in [3.63, 3.8) is 0 Å². The average Bonchev–Trinajstić information content (AvgIpc) is 3.18. The lowest BCUT2D eigenvalue weighted by atomic mass is 10.2. The summed E-state index contributed by atoms with van der Waals surface area (Å²) in [6, 6.07) is 8.61. The smallest absolute Gasteiger partial charge is 0.417 e. The second-order valence-electron chi connectivity index (χ2n) is 8.05. The molecule has 1 aromatic carbocycles. The molecular weight excluding hydrogens is 648 g/mol. The van der Waals surface area contributed by atoms with E-state index in [9.17, 15) is 14.4 Å². The molecule has 0 aliphatic carbocycles. The Kier molecular flexibility index (Phi) is 10.3. The van der Waals surface area contributed by atoms with Crippen LogP contribution in [0.25, 0.3) is 0 Å². The highest BCUT2D eigenvalue weighted by Gasteiger charge is 2.26. The van der Waals surface area contributed by atoms with Crippen LogP contribution in [0.5, 0.6) is 0 Å². The molecular formula is C24H25Br2ClN6O5. The van der Waals surface area contributed by atoms with Gasteiger partial charge in [0.05, 0.1) is 21.7 Å². The van der Waals surface area contributed by atoms with Crippen LogP contribution in [-0.4, -0.2) is 53.4 Å². The van der Waals surface area contributed by atoms with Crippen LogP contribution in [0.2, 0.25) is 5.02 Å². The number of nitrogens with zero attached hydrogens (tertiary/aromatic N) is 4. The Bertz CT molecular complexity index is 1350. The lowest BCUT2D eigenvalue weighted by molar-refractivity contribution is -0.143. The number of hydrogen-bond acceptors (Lipinski definition) is 8. The Morgan fingerprint density at radius 1 is 1.24 bits per heavy atom. The van der Waals surface area contributed by atoms with Crippen LogP contribution in [0.15, 0.2) is 45.6 Å². The summed E-state index contributed by atoms with van der Waals surface area (Å²) in [4.78, 5) is 43.0. The summed E-state index contributed by atoms with van der Waals surface area (Å²) in [5.74, 6) is -0.693. The maximum absolute atomic E-state index is 12.9. The summed E-state index contributed by atoms with van der Waals surface area (Å²) in [7, 11) is 3.11. The molecule has 0 bridgehead atoms. The normalized spacial score (nSPS) is 11.6. The van der Waals surface area contributed by atoms with Crippen LogP contribution in [-0.2, 0) is 20.9 Å². The molecule has 0 spiro atoms.